The number of carbonyl (C=O) groups excluding carboxylic acids is 2. The molecule has 0 radical (unpaired) electrons. The molecule has 0 fully saturated rings. The molecule has 1 aromatic heterocycles. The Labute approximate surface area is 178 Å². The average Bonchev–Trinajstić information content (AvgIpc) is 3.12. The van der Waals surface area contributed by atoms with Crippen molar-refractivity contribution in [2.45, 2.75) is 20.0 Å². The zero-order chi connectivity index (χ0) is 22.1. The van der Waals surface area contributed by atoms with Crippen LogP contribution in [0.15, 0.2) is 59.0 Å². The molecular formula is C24H21NO6. The molecule has 0 unspecified atom stereocenters. The second-order valence-electron chi connectivity index (χ2n) is 7.15. The van der Waals surface area contributed by atoms with Gasteiger partial charge < -0.3 is 24.3 Å². The molecule has 31 heavy (non-hydrogen) atoms. The van der Waals surface area contributed by atoms with E-state index < -0.39 is 18.0 Å². The number of furan rings is 1. The van der Waals surface area contributed by atoms with E-state index in [9.17, 15) is 14.7 Å². The van der Waals surface area contributed by atoms with E-state index in [2.05, 4.69) is 5.32 Å². The van der Waals surface area contributed by atoms with Crippen LogP contribution in [0.3, 0.4) is 0 Å². The molecule has 0 aliphatic rings. The number of aromatic hydroxyl groups is 1. The Morgan fingerprint density at radius 1 is 1.03 bits per heavy atom. The van der Waals surface area contributed by atoms with Crippen LogP contribution in [0, 0.1) is 6.92 Å². The number of fused-ring (bicyclic) bond motifs is 3. The van der Waals surface area contributed by atoms with Crippen molar-refractivity contribution in [1.82, 2.24) is 0 Å². The molecule has 7 nitrogen and oxygen atoms in total. The normalized spacial score (nSPS) is 12.0. The number of methoxy groups -OCH3 is 1. The first-order chi connectivity index (χ1) is 14.9. The maximum Gasteiger partial charge on any atom is 0.342 e. The van der Waals surface area contributed by atoms with Crippen LogP contribution in [-0.4, -0.2) is 30.2 Å². The first kappa shape index (κ1) is 20.3. The summed E-state index contributed by atoms with van der Waals surface area (Å²) in [5, 5.41) is 14.6. The summed E-state index contributed by atoms with van der Waals surface area (Å²) < 4.78 is 16.5. The molecular weight excluding hydrogens is 398 g/mol. The van der Waals surface area contributed by atoms with Crippen molar-refractivity contribution in [3.63, 3.8) is 0 Å². The van der Waals surface area contributed by atoms with Crippen molar-refractivity contribution in [2.24, 2.45) is 0 Å². The van der Waals surface area contributed by atoms with E-state index >= 15 is 0 Å². The highest BCUT2D eigenvalue weighted by Gasteiger charge is 2.23. The Kier molecular flexibility index (Phi) is 5.25. The van der Waals surface area contributed by atoms with Crippen LogP contribution in [0.5, 0.6) is 11.5 Å². The lowest BCUT2D eigenvalue weighted by molar-refractivity contribution is -0.123. The second-order valence-corrected chi connectivity index (χ2v) is 7.15. The lowest BCUT2D eigenvalue weighted by Gasteiger charge is -2.16. The van der Waals surface area contributed by atoms with Gasteiger partial charge in [0.05, 0.1) is 12.8 Å². The van der Waals surface area contributed by atoms with Gasteiger partial charge in [-0.15, -0.1) is 0 Å². The molecule has 1 heterocycles. The van der Waals surface area contributed by atoms with Gasteiger partial charge in [0.15, 0.2) is 6.10 Å². The molecule has 2 N–H and O–H groups in total. The third-order valence-electron chi connectivity index (χ3n) is 5.07. The first-order valence-corrected chi connectivity index (χ1v) is 9.68. The van der Waals surface area contributed by atoms with E-state index in [-0.39, 0.29) is 11.3 Å². The fraction of sp³-hybridized carbons (Fsp3) is 0.167. The highest BCUT2D eigenvalue weighted by molar-refractivity contribution is 6.08. The quantitative estimate of drug-likeness (QED) is 0.451. The Balaban J connectivity index is 1.56. The topological polar surface area (TPSA) is 98.0 Å². The van der Waals surface area contributed by atoms with Crippen LogP contribution in [-0.2, 0) is 9.53 Å². The molecule has 0 aliphatic heterocycles. The summed E-state index contributed by atoms with van der Waals surface area (Å²) in [5.41, 5.74) is 2.24. The zero-order valence-corrected chi connectivity index (χ0v) is 17.3. The number of anilines is 1. The number of carbonyl (C=O) groups is 2. The van der Waals surface area contributed by atoms with Crippen LogP contribution in [0.25, 0.3) is 21.9 Å². The molecule has 0 aliphatic carbocycles. The molecule has 4 rings (SSSR count). The summed E-state index contributed by atoms with van der Waals surface area (Å²) in [6.07, 6.45) is -1.11. The number of aryl methyl sites for hydroxylation is 1. The number of amides is 1. The number of phenols is 1. The summed E-state index contributed by atoms with van der Waals surface area (Å²) in [5.74, 6) is -1.06. The van der Waals surface area contributed by atoms with E-state index in [1.54, 1.807) is 31.2 Å². The van der Waals surface area contributed by atoms with Crippen LogP contribution < -0.4 is 10.1 Å². The third-order valence-corrected chi connectivity index (χ3v) is 5.07. The van der Waals surface area contributed by atoms with E-state index in [0.717, 1.165) is 16.4 Å². The largest absolute Gasteiger partial charge is 0.507 e. The van der Waals surface area contributed by atoms with Crippen molar-refractivity contribution >= 4 is 39.5 Å². The smallest absolute Gasteiger partial charge is 0.342 e. The van der Waals surface area contributed by atoms with Crippen molar-refractivity contribution < 1.29 is 28.6 Å². The van der Waals surface area contributed by atoms with Gasteiger partial charge in [-0.25, -0.2) is 4.79 Å². The number of phenolic OH excluding ortho intramolecular Hbond substituents is 1. The molecule has 0 saturated carbocycles. The fourth-order valence-corrected chi connectivity index (χ4v) is 3.35. The van der Waals surface area contributed by atoms with E-state index in [0.29, 0.717) is 22.6 Å². The maximum absolute atomic E-state index is 12.7. The monoisotopic (exact) mass is 419 g/mol. The molecule has 1 amide bonds. The van der Waals surface area contributed by atoms with Gasteiger partial charge in [-0.05, 0) is 37.6 Å². The highest BCUT2D eigenvalue weighted by atomic mass is 16.5. The van der Waals surface area contributed by atoms with E-state index in [4.69, 9.17) is 13.9 Å². The fourth-order valence-electron chi connectivity index (χ4n) is 3.35. The Morgan fingerprint density at radius 2 is 1.81 bits per heavy atom. The lowest BCUT2D eigenvalue weighted by Crippen LogP contribution is -2.30. The number of hydrogen-bond donors (Lipinski definition) is 2. The SMILES string of the molecule is COc1cc2c(cc1NC(=O)[C@@H](C)OC(=O)c1cccc(C)c1O)oc1ccccc12. The van der Waals surface area contributed by atoms with Gasteiger partial charge >= 0.3 is 5.97 Å². The number of hydrogen-bond acceptors (Lipinski definition) is 6. The lowest BCUT2D eigenvalue weighted by atomic mass is 10.1. The number of rotatable bonds is 5. The minimum atomic E-state index is -1.11. The van der Waals surface area contributed by atoms with Gasteiger partial charge in [0.2, 0.25) is 0 Å². The summed E-state index contributed by atoms with van der Waals surface area (Å²) in [6, 6.07) is 15.8. The Hall–Kier alpha value is -4.00. The predicted octanol–water partition coefficient (Wildman–Crippen LogP) is 4.79. The average molecular weight is 419 g/mol. The van der Waals surface area contributed by atoms with Crippen molar-refractivity contribution in [2.75, 3.05) is 12.4 Å². The minimum Gasteiger partial charge on any atom is -0.507 e. The Bertz CT molecular complexity index is 1310. The van der Waals surface area contributed by atoms with Crippen molar-refractivity contribution in [3.8, 4) is 11.5 Å². The van der Waals surface area contributed by atoms with Crippen LogP contribution in [0.4, 0.5) is 5.69 Å². The predicted molar refractivity (Wildman–Crippen MR) is 117 cm³/mol. The van der Waals surface area contributed by atoms with Gasteiger partial charge in [0.1, 0.15) is 28.2 Å². The van der Waals surface area contributed by atoms with E-state index in [1.807, 2.05) is 24.3 Å². The summed E-state index contributed by atoms with van der Waals surface area (Å²) >= 11 is 0. The van der Waals surface area contributed by atoms with E-state index in [1.165, 1.54) is 20.1 Å². The molecule has 0 spiro atoms. The van der Waals surface area contributed by atoms with Gasteiger partial charge in [-0.3, -0.25) is 4.79 Å². The van der Waals surface area contributed by atoms with Crippen LogP contribution >= 0.6 is 0 Å². The third kappa shape index (κ3) is 3.77. The maximum atomic E-state index is 12.7. The highest BCUT2D eigenvalue weighted by Crippen LogP contribution is 2.36. The number of esters is 1. The minimum absolute atomic E-state index is 0.000857. The number of benzene rings is 3. The van der Waals surface area contributed by atoms with Gasteiger partial charge in [0, 0.05) is 16.8 Å². The summed E-state index contributed by atoms with van der Waals surface area (Å²) in [7, 11) is 1.50. The molecule has 3 aromatic carbocycles. The van der Waals surface area contributed by atoms with Gasteiger partial charge in [-0.1, -0.05) is 30.3 Å². The van der Waals surface area contributed by atoms with Gasteiger partial charge in [-0.2, -0.15) is 0 Å². The molecule has 0 saturated heterocycles. The van der Waals surface area contributed by atoms with Gasteiger partial charge in [0.25, 0.3) is 5.91 Å². The number of ether oxygens (including phenoxy) is 2. The molecule has 7 heteroatoms. The number of para-hydroxylation sites is 2. The van der Waals surface area contributed by atoms with Crippen molar-refractivity contribution in [1.29, 1.82) is 0 Å². The molecule has 158 valence electrons. The van der Waals surface area contributed by atoms with Crippen LogP contribution in [0.2, 0.25) is 0 Å². The molecule has 1 atom stereocenters. The van der Waals surface area contributed by atoms with Crippen LogP contribution in [0.1, 0.15) is 22.8 Å². The summed E-state index contributed by atoms with van der Waals surface area (Å²) in [4.78, 5) is 25.1. The molecule has 0 bridgehead atoms. The standard InChI is InChI=1S/C24H21NO6/c1-13-7-6-9-16(22(13)26)24(28)30-14(2)23(27)25-18-12-20-17(11-21(18)29-3)15-8-4-5-10-19(15)31-20/h4-12,14,26H,1-3H3,(H,25,27)/t14-/m1/s1. The summed E-state index contributed by atoms with van der Waals surface area (Å²) in [6.45, 7) is 3.12. The first-order valence-electron chi connectivity index (χ1n) is 9.68. The number of nitrogens with one attached hydrogen (secondary N) is 1. The van der Waals surface area contributed by atoms with Crippen molar-refractivity contribution in [3.05, 3.63) is 65.7 Å². The molecule has 4 aromatic rings. The second kappa shape index (κ2) is 8.02. The Morgan fingerprint density at radius 3 is 2.58 bits per heavy atom. The zero-order valence-electron chi connectivity index (χ0n) is 17.3.